The van der Waals surface area contributed by atoms with Crippen molar-refractivity contribution in [1.29, 1.82) is 0 Å². The molecule has 2 aromatic carbocycles. The van der Waals surface area contributed by atoms with Crippen molar-refractivity contribution in [3.05, 3.63) is 70.8 Å². The first-order chi connectivity index (χ1) is 62.0. The number of alkyl halides is 4. The van der Waals surface area contributed by atoms with Crippen LogP contribution in [0.1, 0.15) is 270 Å². The van der Waals surface area contributed by atoms with Crippen LogP contribution in [0.5, 0.6) is 0 Å². The SMILES string of the molecule is CC1=NN=C(c2ccc(CNC(=O)c3ccc(C)cc3)cc2)C2CCCCCCC12.CCC.CCC1=NN=C(C)C2CCCC(COC[18F])CCC12.CCC1=NN=C(C)C2CCCCCCC12.CCC1=NN=C(C2CN3CCN(CC)CCN2CC(=O)OC([18F])OC(=O)C3)C2CCCC(COC[18F])CCC12.CCN1CCN2CC(=O)OC([18F])OC(=O)CN(CC1)C(C)C2. The van der Waals surface area contributed by atoms with Gasteiger partial charge in [-0.25, -0.2) is 8.78 Å². The molecule has 4 saturated heterocycles. The number of likely N-dealkylation sites (N-methyl/N-ethyl adjacent to an activating group) is 2. The minimum atomic E-state index is -2.42. The van der Waals surface area contributed by atoms with E-state index in [0.29, 0.717) is 112 Å². The van der Waals surface area contributed by atoms with Crippen molar-refractivity contribution in [3.8, 4) is 0 Å². The van der Waals surface area contributed by atoms with Gasteiger partial charge in [0, 0.05) is 165 Å². The van der Waals surface area contributed by atoms with Crippen molar-refractivity contribution in [2.24, 2.45) is 100.0 Å². The molecule has 12 aliphatic rings. The number of benzene rings is 2. The van der Waals surface area contributed by atoms with Gasteiger partial charge in [0.2, 0.25) is 0 Å². The number of amides is 1. The summed E-state index contributed by atoms with van der Waals surface area (Å²) in [6.45, 7) is 28.9. The van der Waals surface area contributed by atoms with E-state index in [2.05, 4.69) is 149 Å². The van der Waals surface area contributed by atoms with Crippen LogP contribution in [-0.4, -0.2) is 262 Å². The Labute approximate surface area is 760 Å². The molecule has 30 heteroatoms. The summed E-state index contributed by atoms with van der Waals surface area (Å²) in [4.78, 5) is 73.6. The quantitative estimate of drug-likeness (QED) is 0.121. The van der Waals surface area contributed by atoms with Gasteiger partial charge in [0.25, 0.3) is 5.91 Å². The summed E-state index contributed by atoms with van der Waals surface area (Å²) in [5.41, 5.74) is 13.5. The molecule has 18 unspecified atom stereocenters. The van der Waals surface area contributed by atoms with Crippen LogP contribution in [0, 0.1) is 66.1 Å². The molecule has 8 aliphatic heterocycles. The monoisotopic (exact) mass is 1790 g/mol. The smallest absolute Gasteiger partial charge is 0.396 e. The van der Waals surface area contributed by atoms with E-state index in [9.17, 15) is 41.5 Å². The van der Waals surface area contributed by atoms with Gasteiger partial charge in [-0.05, 0) is 179 Å². The van der Waals surface area contributed by atoms with Crippen LogP contribution >= 0.6 is 0 Å². The summed E-state index contributed by atoms with van der Waals surface area (Å²) in [6, 6.07) is 15.9. The highest BCUT2D eigenvalue weighted by Crippen LogP contribution is 2.41. The maximum atomic E-state index is 14.2. The van der Waals surface area contributed by atoms with Gasteiger partial charge in [-0.2, -0.15) is 49.6 Å². The maximum Gasteiger partial charge on any atom is 0.401 e. The number of nitrogens with one attached hydrogen (secondary N) is 1. The highest BCUT2D eigenvalue weighted by molar-refractivity contribution is 6.07. The van der Waals surface area contributed by atoms with Crippen molar-refractivity contribution < 1.29 is 70.0 Å². The summed E-state index contributed by atoms with van der Waals surface area (Å²) in [6.07, 6.45) is 30.5. The zero-order chi connectivity index (χ0) is 91.9. The zero-order valence-electron chi connectivity index (χ0n) is 79.2. The Balaban J connectivity index is 0.000000186. The second kappa shape index (κ2) is 55.8. The van der Waals surface area contributed by atoms with Gasteiger partial charge in [-0.3, -0.25) is 43.6 Å². The Morgan fingerprint density at radius 2 is 0.836 bits per heavy atom. The number of carbonyl (C=O) groups excluding carboxylic acids is 5. The fourth-order valence-corrected chi connectivity index (χ4v) is 20.4. The second-order valence-electron chi connectivity index (χ2n) is 36.7. The third-order valence-corrected chi connectivity index (χ3v) is 27.8. The van der Waals surface area contributed by atoms with Crippen LogP contribution < -0.4 is 5.32 Å². The Morgan fingerprint density at radius 1 is 0.430 bits per heavy atom. The summed E-state index contributed by atoms with van der Waals surface area (Å²) < 4.78 is 80.9. The number of hydrogen-bond donors (Lipinski definition) is 1. The van der Waals surface area contributed by atoms with Gasteiger partial charge in [-0.1, -0.05) is 161 Å². The largest absolute Gasteiger partial charge is 0.401 e. The van der Waals surface area contributed by atoms with Crippen LogP contribution in [0.25, 0.3) is 0 Å². The van der Waals surface area contributed by atoms with Crippen LogP contribution in [0.3, 0.4) is 0 Å². The molecule has 4 aliphatic carbocycles. The highest BCUT2D eigenvalue weighted by atomic mass is 18.2. The van der Waals surface area contributed by atoms with E-state index in [1.54, 1.807) is 0 Å². The molecule has 0 spiro atoms. The lowest BCUT2D eigenvalue weighted by Gasteiger charge is -2.41. The van der Waals surface area contributed by atoms with Gasteiger partial charge in [-0.15, -0.1) is 0 Å². The van der Waals surface area contributed by atoms with Crippen LogP contribution in [0.4, 0.5) is 17.6 Å². The minimum absolute atomic E-state index is 0.00625. The van der Waals surface area contributed by atoms with Crippen LogP contribution in [0.15, 0.2) is 89.3 Å². The lowest BCUT2D eigenvalue weighted by atomic mass is 9.72. The maximum absolute atomic E-state index is 14.2. The molecule has 4 bridgehead atoms. The third kappa shape index (κ3) is 32.8. The minimum Gasteiger partial charge on any atom is -0.396 e. The lowest BCUT2D eigenvalue weighted by Crippen LogP contribution is -2.55. The molecule has 14 rings (SSSR count). The normalized spacial score (nSPS) is 30.6. The average Bonchev–Trinajstić information content (AvgIpc) is 1.01. The molecule has 128 heavy (non-hydrogen) atoms. The zero-order valence-corrected chi connectivity index (χ0v) is 79.2. The molecule has 714 valence electrons. The number of cyclic esters (lactones) is 4. The number of carbonyl (C=O) groups is 5. The number of fused-ring (bicyclic) bond motifs is 10. The summed E-state index contributed by atoms with van der Waals surface area (Å²) in [5.74, 6) is 1.70. The third-order valence-electron chi connectivity index (χ3n) is 27.8. The average molecular weight is 1790 g/mol. The molecule has 8 heterocycles. The number of hydrogen-bond acceptors (Lipinski definition) is 25. The molecule has 18 atom stereocenters. The Bertz CT molecular complexity index is 4020. The number of rotatable bonds is 16. The predicted octanol–water partition coefficient (Wildman–Crippen LogP) is 17.2. The van der Waals surface area contributed by atoms with Gasteiger partial charge in [0.05, 0.1) is 56.9 Å². The number of ether oxygens (including phenoxy) is 6. The van der Waals surface area contributed by atoms with E-state index in [1.807, 2.05) is 57.7 Å². The van der Waals surface area contributed by atoms with E-state index in [-0.39, 0.29) is 56.0 Å². The molecule has 0 radical (unpaired) electrons. The molecule has 0 aromatic heterocycles. The van der Waals surface area contributed by atoms with E-state index in [1.165, 1.54) is 125 Å². The number of aryl methyl sites for hydroxylation is 1. The molecule has 2 aromatic rings. The van der Waals surface area contributed by atoms with Crippen molar-refractivity contribution in [3.63, 3.8) is 0 Å². The first kappa shape index (κ1) is 104. The first-order valence-electron chi connectivity index (χ1n) is 48.6. The lowest BCUT2D eigenvalue weighted by molar-refractivity contribution is -0.221. The molecule has 26 nitrogen and oxygen atoms in total. The Morgan fingerprint density at radius 3 is 1.33 bits per heavy atom. The molecule has 1 N–H and O–H groups in total. The van der Waals surface area contributed by atoms with Gasteiger partial charge in [0.1, 0.15) is 0 Å². The fourth-order valence-electron chi connectivity index (χ4n) is 20.4. The van der Waals surface area contributed by atoms with E-state index in [4.69, 9.17) is 29.2 Å². The van der Waals surface area contributed by atoms with Crippen LogP contribution in [-0.2, 0) is 54.1 Å². The van der Waals surface area contributed by atoms with Gasteiger partial charge < -0.3 is 43.5 Å². The predicted molar refractivity (Wildman–Crippen MR) is 499 cm³/mol. The fraction of sp³-hybridized carbons (Fsp3) is 0.745. The van der Waals surface area contributed by atoms with E-state index < -0.39 is 50.7 Å². The summed E-state index contributed by atoms with van der Waals surface area (Å²) in [7, 11) is 0. The molecule has 4 saturated carbocycles. The standard InChI is InChI=1S/C27H43F2N5O5.C26H31N3O.C15H25FN2O.C14H24FN3O4.C13H22N2.C3H8/c1-3-22-20-9-8-19(17-37-18-28)6-5-7-21(20)26(31-30-22)23-14-33-11-10-32(4-2)12-13-34(23)16-25(36)39-27(29)38-24(35)15-33;1-18-9-13-22(14-10-18)26(30)27-17-20-11-15-21(16-12-20)25-24-8-6-4-3-5-7-23(24)19(2)28-29-25;1-3-15-14-8-7-12(9-19-10-16)5-4-6-13(14)11(2)17-18-15;1-3-16-4-5-17-8-11(2)18(7-6-16)10-13(20)22-14(15)21-12(19)9-17;1-3-13-12-9-7-5-4-6-8-11(12)10(2)14-15-13;1-3-2/h19-21,23,27H,3-18H2,1-2H3;9-16,23-24H,3-8,17H2,1-2H3,(H,27,30);12-14H,3-10H2,1-2H3;11,14H,3-10H2,1-2H3;11-12H,3-9H2,1-2H3;3H2,1-2H3/i28-1,29-1;;16-1;15-1;;. The Kier molecular flexibility index (Phi) is 45.4. The second-order valence-corrected chi connectivity index (χ2v) is 36.7. The van der Waals surface area contributed by atoms with Gasteiger partial charge >= 0.3 is 37.0 Å². The topological polar surface area (TPSA) is 271 Å². The number of esters is 4. The van der Waals surface area contributed by atoms with E-state index >= 15 is 0 Å². The summed E-state index contributed by atoms with van der Waals surface area (Å²) in [5, 5.41) is 39.1. The van der Waals surface area contributed by atoms with Gasteiger partial charge in [0.15, 0.2) is 13.7 Å². The highest BCUT2D eigenvalue weighted by Gasteiger charge is 2.43. The van der Waals surface area contributed by atoms with Crippen molar-refractivity contribution in [1.82, 2.24) is 34.7 Å². The van der Waals surface area contributed by atoms with Crippen molar-refractivity contribution >= 4 is 75.5 Å². The molecule has 1 amide bonds. The van der Waals surface area contributed by atoms with Crippen molar-refractivity contribution in [2.45, 2.75) is 282 Å². The molecular weight excluding hydrogens is 1640 g/mol. The van der Waals surface area contributed by atoms with Crippen molar-refractivity contribution in [2.75, 3.05) is 132 Å². The first-order valence-corrected chi connectivity index (χ1v) is 48.6. The number of nitrogens with zero attached hydrogens (tertiary/aromatic N) is 14. The Hall–Kier alpha value is -7.45. The summed E-state index contributed by atoms with van der Waals surface area (Å²) >= 11 is 0. The molecular formula is C98H153F4N15O11. The van der Waals surface area contributed by atoms with Crippen LogP contribution in [0.2, 0.25) is 0 Å². The molecule has 8 fully saturated rings. The van der Waals surface area contributed by atoms with E-state index in [0.717, 1.165) is 144 Å². The number of halogens is 4.